The minimum absolute atomic E-state index is 0.934. The van der Waals surface area contributed by atoms with Crippen molar-refractivity contribution in [3.63, 3.8) is 0 Å². The number of hydrogen-bond acceptors (Lipinski definition) is 4. The van der Waals surface area contributed by atoms with E-state index < -0.39 is 0 Å². The van der Waals surface area contributed by atoms with Gasteiger partial charge in [0.2, 0.25) is 0 Å². The molecule has 0 aliphatic carbocycles. The van der Waals surface area contributed by atoms with Gasteiger partial charge in [0, 0.05) is 44.1 Å². The molecular weight excluding hydrogens is 488 g/mol. The number of hydrogen-bond donors (Lipinski definition) is 0. The van der Waals surface area contributed by atoms with Crippen LogP contribution in [-0.4, -0.2) is 19.9 Å². The number of aryl methyl sites for hydroxylation is 2. The second-order valence-corrected chi connectivity index (χ2v) is 10.5. The standard InChI is InChI=1S/C36H24N4/c1-21-6-8-23-10-12-25-15-18-31(39-35(25)33(23)37-21)28-14-17-29-27(20-28)4-3-5-30(29)32-19-16-26-13-11-24-9-7-22(2)38-34(24)36(26)40-32/h3-20H,1-2H3. The largest absolute Gasteiger partial charge is 0.251 e. The maximum Gasteiger partial charge on any atom is 0.0972 e. The molecule has 0 unspecified atom stereocenters. The SMILES string of the molecule is Cc1ccc2ccc3ccc(-c4ccc5c(-c6ccc7ccc8ccc(C)nc8c7n6)cccc5c4)nc3c2n1. The molecule has 188 valence electrons. The van der Waals surface area contributed by atoms with E-state index in [1.54, 1.807) is 0 Å². The van der Waals surface area contributed by atoms with E-state index in [2.05, 4.69) is 97.1 Å². The fourth-order valence-electron chi connectivity index (χ4n) is 5.71. The molecule has 0 atom stereocenters. The maximum atomic E-state index is 5.13. The number of nitrogens with zero attached hydrogens (tertiary/aromatic N) is 4. The van der Waals surface area contributed by atoms with Gasteiger partial charge in [0.25, 0.3) is 0 Å². The Balaban J connectivity index is 1.27. The summed E-state index contributed by atoms with van der Waals surface area (Å²) in [5, 5.41) is 6.70. The third-order valence-corrected chi connectivity index (χ3v) is 7.77. The van der Waals surface area contributed by atoms with Crippen LogP contribution in [0.15, 0.2) is 109 Å². The average Bonchev–Trinajstić information content (AvgIpc) is 3.00. The van der Waals surface area contributed by atoms with Crippen LogP contribution in [-0.2, 0) is 0 Å². The second kappa shape index (κ2) is 8.65. The first-order valence-electron chi connectivity index (χ1n) is 13.5. The fraction of sp³-hybridized carbons (Fsp3) is 0.0556. The molecule has 40 heavy (non-hydrogen) atoms. The molecule has 4 aromatic carbocycles. The summed E-state index contributed by atoms with van der Waals surface area (Å²) in [6.07, 6.45) is 0. The molecule has 4 heteroatoms. The van der Waals surface area contributed by atoms with E-state index in [0.29, 0.717) is 0 Å². The zero-order valence-corrected chi connectivity index (χ0v) is 22.2. The molecule has 0 aliphatic heterocycles. The van der Waals surface area contributed by atoms with Gasteiger partial charge in [-0.25, -0.2) is 9.97 Å². The summed E-state index contributed by atoms with van der Waals surface area (Å²) in [7, 11) is 0. The third kappa shape index (κ3) is 3.61. The van der Waals surface area contributed by atoms with Crippen LogP contribution in [0.4, 0.5) is 0 Å². The topological polar surface area (TPSA) is 51.6 Å². The molecular formula is C36H24N4. The van der Waals surface area contributed by atoms with Crippen LogP contribution in [0.25, 0.3) is 76.9 Å². The van der Waals surface area contributed by atoms with E-state index in [-0.39, 0.29) is 0 Å². The van der Waals surface area contributed by atoms with E-state index in [4.69, 9.17) is 19.9 Å². The van der Waals surface area contributed by atoms with Crippen molar-refractivity contribution >= 4 is 54.4 Å². The smallest absolute Gasteiger partial charge is 0.0972 e. The van der Waals surface area contributed by atoms with Crippen LogP contribution >= 0.6 is 0 Å². The van der Waals surface area contributed by atoms with Crippen LogP contribution < -0.4 is 0 Å². The molecule has 4 aromatic heterocycles. The predicted molar refractivity (Wildman–Crippen MR) is 165 cm³/mol. The minimum Gasteiger partial charge on any atom is -0.251 e. The Labute approximate surface area is 231 Å². The molecule has 0 fully saturated rings. The fourth-order valence-corrected chi connectivity index (χ4v) is 5.71. The lowest BCUT2D eigenvalue weighted by Gasteiger charge is -2.11. The van der Waals surface area contributed by atoms with Crippen molar-refractivity contribution in [1.29, 1.82) is 0 Å². The van der Waals surface area contributed by atoms with Crippen LogP contribution in [0, 0.1) is 13.8 Å². The molecule has 0 aliphatic rings. The number of fused-ring (bicyclic) bond motifs is 7. The van der Waals surface area contributed by atoms with E-state index in [1.807, 2.05) is 26.0 Å². The third-order valence-electron chi connectivity index (χ3n) is 7.77. The summed E-state index contributed by atoms with van der Waals surface area (Å²) in [5.74, 6) is 0. The zero-order chi connectivity index (χ0) is 26.8. The zero-order valence-electron chi connectivity index (χ0n) is 22.2. The molecule has 0 saturated heterocycles. The lowest BCUT2D eigenvalue weighted by molar-refractivity contribution is 1.25. The second-order valence-electron chi connectivity index (χ2n) is 10.5. The van der Waals surface area contributed by atoms with Gasteiger partial charge >= 0.3 is 0 Å². The highest BCUT2D eigenvalue weighted by molar-refractivity contribution is 6.06. The summed E-state index contributed by atoms with van der Waals surface area (Å²) < 4.78 is 0. The summed E-state index contributed by atoms with van der Waals surface area (Å²) in [5.41, 5.74) is 9.81. The molecule has 8 aromatic rings. The summed E-state index contributed by atoms with van der Waals surface area (Å²) in [4.78, 5) is 19.8. The van der Waals surface area contributed by atoms with E-state index in [0.717, 1.165) is 88.3 Å². The van der Waals surface area contributed by atoms with Crippen molar-refractivity contribution in [2.24, 2.45) is 0 Å². The monoisotopic (exact) mass is 512 g/mol. The molecule has 0 amide bonds. The highest BCUT2D eigenvalue weighted by Gasteiger charge is 2.12. The Morgan fingerprint density at radius 1 is 0.400 bits per heavy atom. The van der Waals surface area contributed by atoms with Crippen LogP contribution in [0.2, 0.25) is 0 Å². The maximum absolute atomic E-state index is 5.13. The van der Waals surface area contributed by atoms with Gasteiger partial charge in [0.1, 0.15) is 0 Å². The van der Waals surface area contributed by atoms with Gasteiger partial charge in [-0.05, 0) is 55.0 Å². The summed E-state index contributed by atoms with van der Waals surface area (Å²) in [6, 6.07) is 38.3. The first-order chi connectivity index (χ1) is 19.6. The van der Waals surface area contributed by atoms with Crippen molar-refractivity contribution in [2.75, 3.05) is 0 Å². The van der Waals surface area contributed by atoms with Crippen LogP contribution in [0.1, 0.15) is 11.4 Å². The van der Waals surface area contributed by atoms with Gasteiger partial charge in [0.15, 0.2) is 0 Å². The van der Waals surface area contributed by atoms with Crippen molar-refractivity contribution in [2.45, 2.75) is 13.8 Å². The quantitative estimate of drug-likeness (QED) is 0.217. The summed E-state index contributed by atoms with van der Waals surface area (Å²) >= 11 is 0. The van der Waals surface area contributed by atoms with Crippen LogP contribution in [0.5, 0.6) is 0 Å². The predicted octanol–water partition coefficient (Wildman–Crippen LogP) is 8.98. The molecule has 0 N–H and O–H groups in total. The molecule has 8 rings (SSSR count). The lowest BCUT2D eigenvalue weighted by atomic mass is 9.98. The minimum atomic E-state index is 0.934. The van der Waals surface area contributed by atoms with Gasteiger partial charge in [-0.1, -0.05) is 78.9 Å². The molecule has 0 radical (unpaired) electrons. The van der Waals surface area contributed by atoms with Gasteiger partial charge in [0.05, 0.1) is 33.5 Å². The van der Waals surface area contributed by atoms with Crippen molar-refractivity contribution in [3.8, 4) is 22.5 Å². The first-order valence-corrected chi connectivity index (χ1v) is 13.5. The highest BCUT2D eigenvalue weighted by Crippen LogP contribution is 2.33. The number of benzene rings is 4. The highest BCUT2D eigenvalue weighted by atomic mass is 14.8. The van der Waals surface area contributed by atoms with Gasteiger partial charge in [-0.2, -0.15) is 0 Å². The first kappa shape index (κ1) is 22.7. The molecule has 4 heterocycles. The normalized spacial score (nSPS) is 11.8. The molecule has 0 saturated carbocycles. The average molecular weight is 513 g/mol. The van der Waals surface area contributed by atoms with Gasteiger partial charge < -0.3 is 0 Å². The van der Waals surface area contributed by atoms with Crippen molar-refractivity contribution < 1.29 is 0 Å². The Bertz CT molecular complexity index is 2300. The van der Waals surface area contributed by atoms with Crippen molar-refractivity contribution in [1.82, 2.24) is 19.9 Å². The van der Waals surface area contributed by atoms with Gasteiger partial charge in [-0.3, -0.25) is 9.97 Å². The Morgan fingerprint density at radius 3 is 1.52 bits per heavy atom. The number of rotatable bonds is 2. The Hall–Kier alpha value is -5.22. The van der Waals surface area contributed by atoms with E-state index >= 15 is 0 Å². The summed E-state index contributed by atoms with van der Waals surface area (Å²) in [6.45, 7) is 4.04. The lowest BCUT2D eigenvalue weighted by Crippen LogP contribution is -1.92. The number of aromatic nitrogens is 4. The van der Waals surface area contributed by atoms with Crippen molar-refractivity contribution in [3.05, 3.63) is 121 Å². The van der Waals surface area contributed by atoms with Crippen LogP contribution in [0.3, 0.4) is 0 Å². The van der Waals surface area contributed by atoms with E-state index in [1.165, 1.54) is 0 Å². The molecule has 0 bridgehead atoms. The van der Waals surface area contributed by atoms with Gasteiger partial charge in [-0.15, -0.1) is 0 Å². The molecule has 0 spiro atoms. The Kier molecular flexibility index (Phi) is 4.92. The number of pyridine rings is 4. The Morgan fingerprint density at radius 2 is 0.900 bits per heavy atom. The van der Waals surface area contributed by atoms with E-state index in [9.17, 15) is 0 Å². The molecule has 4 nitrogen and oxygen atoms in total.